The number of piperazine rings is 1. The lowest BCUT2D eigenvalue weighted by atomic mass is 10.0. The summed E-state index contributed by atoms with van der Waals surface area (Å²) in [6.07, 6.45) is -5.20. The van der Waals surface area contributed by atoms with Crippen LogP contribution in [0.25, 0.3) is 0 Å². The van der Waals surface area contributed by atoms with Crippen molar-refractivity contribution in [2.24, 2.45) is 0 Å². The molecular formula is C21H27F3N4O4. The summed E-state index contributed by atoms with van der Waals surface area (Å²) in [5.74, 6) is -0.884. The Balaban J connectivity index is 1.98. The van der Waals surface area contributed by atoms with E-state index in [-0.39, 0.29) is 12.2 Å². The summed E-state index contributed by atoms with van der Waals surface area (Å²) in [5, 5.41) is 21.8. The number of nitriles is 1. The number of nitrogens with one attached hydrogen (secondary N) is 1. The van der Waals surface area contributed by atoms with Crippen molar-refractivity contribution in [1.29, 1.82) is 5.26 Å². The maximum atomic E-state index is 13.1. The number of carbonyl (C=O) groups excluding carboxylic acids is 2. The van der Waals surface area contributed by atoms with Crippen LogP contribution in [0.1, 0.15) is 38.8 Å². The number of ether oxygens (including phenoxy) is 1. The minimum atomic E-state index is -4.76. The van der Waals surface area contributed by atoms with E-state index < -0.39 is 40.5 Å². The molecule has 1 heterocycles. The van der Waals surface area contributed by atoms with E-state index in [4.69, 9.17) is 10.00 Å². The highest BCUT2D eigenvalue weighted by Crippen LogP contribution is 2.33. The molecule has 1 aliphatic heterocycles. The minimum Gasteiger partial charge on any atom is -0.444 e. The Morgan fingerprint density at radius 2 is 1.75 bits per heavy atom. The highest BCUT2D eigenvalue weighted by Gasteiger charge is 2.37. The number of β-amino-alcohol motifs (C(OH)–C–C–N with tert-alkyl or cyclic N) is 1. The predicted octanol–water partition coefficient (Wildman–Crippen LogP) is 2.82. The number of hydrogen-bond acceptors (Lipinski definition) is 6. The van der Waals surface area contributed by atoms with Gasteiger partial charge in [0.15, 0.2) is 5.60 Å². The molecule has 1 fully saturated rings. The molecule has 2 amide bonds. The average molecular weight is 456 g/mol. The highest BCUT2D eigenvalue weighted by atomic mass is 19.4. The quantitative estimate of drug-likeness (QED) is 0.722. The summed E-state index contributed by atoms with van der Waals surface area (Å²) in [4.78, 5) is 28.0. The Hall–Kier alpha value is -2.84. The monoisotopic (exact) mass is 456 g/mol. The zero-order valence-electron chi connectivity index (χ0n) is 18.4. The van der Waals surface area contributed by atoms with Crippen LogP contribution in [-0.2, 0) is 15.7 Å². The highest BCUT2D eigenvalue weighted by molar-refractivity contribution is 5.97. The number of halogens is 3. The summed E-state index contributed by atoms with van der Waals surface area (Å²) in [5.41, 5.74) is -4.44. The molecule has 2 N–H and O–H groups in total. The molecule has 0 aromatic heterocycles. The molecule has 0 aliphatic carbocycles. The molecule has 11 heteroatoms. The van der Waals surface area contributed by atoms with E-state index in [1.54, 1.807) is 25.7 Å². The molecule has 0 radical (unpaired) electrons. The van der Waals surface area contributed by atoms with Gasteiger partial charge in [-0.05, 0) is 45.9 Å². The molecule has 32 heavy (non-hydrogen) atoms. The fraction of sp³-hybridized carbons (Fsp3) is 0.571. The van der Waals surface area contributed by atoms with Crippen molar-refractivity contribution < 1.29 is 32.6 Å². The zero-order valence-corrected chi connectivity index (χ0v) is 18.4. The molecule has 1 unspecified atom stereocenters. The van der Waals surface area contributed by atoms with Gasteiger partial charge in [0.25, 0.3) is 5.91 Å². The number of benzene rings is 1. The lowest BCUT2D eigenvalue weighted by Gasteiger charge is -2.38. The maximum Gasteiger partial charge on any atom is 0.417 e. The van der Waals surface area contributed by atoms with E-state index in [1.165, 1.54) is 24.0 Å². The van der Waals surface area contributed by atoms with Crippen molar-refractivity contribution >= 4 is 17.7 Å². The normalized spacial score (nSPS) is 17.3. The van der Waals surface area contributed by atoms with Crippen LogP contribution < -0.4 is 5.32 Å². The number of carbonyl (C=O) groups is 2. The summed E-state index contributed by atoms with van der Waals surface area (Å²) in [6.45, 7) is 7.94. The van der Waals surface area contributed by atoms with Crippen LogP contribution in [-0.4, -0.2) is 70.8 Å². The Bertz CT molecular complexity index is 896. The first-order valence-corrected chi connectivity index (χ1v) is 9.98. The number of aliphatic hydroxyl groups is 1. The van der Waals surface area contributed by atoms with Gasteiger partial charge in [0.05, 0.1) is 17.2 Å². The Morgan fingerprint density at radius 1 is 1.16 bits per heavy atom. The van der Waals surface area contributed by atoms with Gasteiger partial charge >= 0.3 is 12.3 Å². The van der Waals surface area contributed by atoms with Crippen molar-refractivity contribution in [2.45, 2.75) is 45.1 Å². The average Bonchev–Trinajstić information content (AvgIpc) is 2.66. The van der Waals surface area contributed by atoms with Crippen LogP contribution in [0.15, 0.2) is 18.2 Å². The molecule has 1 aromatic carbocycles. The number of rotatable bonds is 4. The summed E-state index contributed by atoms with van der Waals surface area (Å²) in [6, 6.07) is 4.25. The third kappa shape index (κ3) is 6.83. The standard InChI is InChI=1S/C21H27F3N4O4/c1-19(2,3)32-18(30)28-9-7-27(8-10-28)13-20(4,31)17(29)26-15-6-5-14(12-25)16(11-15)21(22,23)24/h5-6,11,31H,7-10,13H2,1-4H3,(H,26,29). The maximum absolute atomic E-state index is 13.1. The minimum absolute atomic E-state index is 0.0800. The molecule has 1 saturated heterocycles. The first-order chi connectivity index (χ1) is 14.6. The number of nitrogens with zero attached hydrogens (tertiary/aromatic N) is 3. The topological polar surface area (TPSA) is 106 Å². The molecule has 0 saturated carbocycles. The van der Waals surface area contributed by atoms with Gasteiger partial charge < -0.3 is 20.1 Å². The fourth-order valence-electron chi connectivity index (χ4n) is 3.14. The Kier molecular flexibility index (Phi) is 7.42. The third-order valence-corrected chi connectivity index (χ3v) is 4.75. The molecule has 1 atom stereocenters. The lowest BCUT2D eigenvalue weighted by Crippen LogP contribution is -2.56. The van der Waals surface area contributed by atoms with Crippen LogP contribution in [0, 0.1) is 11.3 Å². The molecular weight excluding hydrogens is 429 g/mol. The number of hydrogen-bond donors (Lipinski definition) is 2. The van der Waals surface area contributed by atoms with Crippen molar-refractivity contribution in [2.75, 3.05) is 38.0 Å². The van der Waals surface area contributed by atoms with Gasteiger partial charge in [-0.15, -0.1) is 0 Å². The Labute approximate surface area is 184 Å². The predicted molar refractivity (Wildman–Crippen MR) is 110 cm³/mol. The summed E-state index contributed by atoms with van der Waals surface area (Å²) >= 11 is 0. The molecule has 0 spiro atoms. The van der Waals surface area contributed by atoms with E-state index >= 15 is 0 Å². The van der Waals surface area contributed by atoms with Gasteiger partial charge in [0.2, 0.25) is 0 Å². The number of alkyl halides is 3. The molecule has 176 valence electrons. The van der Waals surface area contributed by atoms with E-state index in [1.807, 2.05) is 0 Å². The van der Waals surface area contributed by atoms with Crippen LogP contribution in [0.3, 0.4) is 0 Å². The summed E-state index contributed by atoms with van der Waals surface area (Å²) < 4.78 is 44.7. The van der Waals surface area contributed by atoms with Crippen LogP contribution in [0.5, 0.6) is 0 Å². The molecule has 0 bridgehead atoms. The molecule has 1 aromatic rings. The van der Waals surface area contributed by atoms with Crippen molar-refractivity contribution in [3.8, 4) is 6.07 Å². The van der Waals surface area contributed by atoms with Gasteiger partial charge in [0.1, 0.15) is 5.60 Å². The second-order valence-electron chi connectivity index (χ2n) is 8.84. The molecule has 2 rings (SSSR count). The number of anilines is 1. The lowest BCUT2D eigenvalue weighted by molar-refractivity contribution is -0.138. The fourth-order valence-corrected chi connectivity index (χ4v) is 3.14. The van der Waals surface area contributed by atoms with Gasteiger partial charge in [-0.3, -0.25) is 9.69 Å². The van der Waals surface area contributed by atoms with Crippen molar-refractivity contribution in [3.63, 3.8) is 0 Å². The first-order valence-electron chi connectivity index (χ1n) is 9.98. The van der Waals surface area contributed by atoms with E-state index in [0.29, 0.717) is 32.2 Å². The van der Waals surface area contributed by atoms with Crippen molar-refractivity contribution in [3.05, 3.63) is 29.3 Å². The first kappa shape index (κ1) is 25.4. The van der Waals surface area contributed by atoms with Gasteiger partial charge in [-0.2, -0.15) is 18.4 Å². The van der Waals surface area contributed by atoms with E-state index in [9.17, 15) is 27.9 Å². The van der Waals surface area contributed by atoms with Gasteiger partial charge in [-0.1, -0.05) is 0 Å². The second kappa shape index (κ2) is 9.34. The smallest absolute Gasteiger partial charge is 0.417 e. The Morgan fingerprint density at radius 3 is 2.25 bits per heavy atom. The summed E-state index contributed by atoms with van der Waals surface area (Å²) in [7, 11) is 0. The van der Waals surface area contributed by atoms with Crippen molar-refractivity contribution in [1.82, 2.24) is 9.80 Å². The van der Waals surface area contributed by atoms with Crippen LogP contribution in [0.2, 0.25) is 0 Å². The third-order valence-electron chi connectivity index (χ3n) is 4.75. The SMILES string of the molecule is CC(C)(C)OC(=O)N1CCN(CC(C)(O)C(=O)Nc2ccc(C#N)c(C(F)(F)F)c2)CC1. The number of amides is 2. The zero-order chi connectivity index (χ0) is 24.3. The molecule has 8 nitrogen and oxygen atoms in total. The van der Waals surface area contributed by atoms with Gasteiger partial charge in [0, 0.05) is 38.4 Å². The molecule has 1 aliphatic rings. The second-order valence-corrected chi connectivity index (χ2v) is 8.84. The largest absolute Gasteiger partial charge is 0.444 e. The van der Waals surface area contributed by atoms with Gasteiger partial charge in [-0.25, -0.2) is 4.79 Å². The van der Waals surface area contributed by atoms with Crippen LogP contribution >= 0.6 is 0 Å². The van der Waals surface area contributed by atoms with E-state index in [0.717, 1.165) is 6.07 Å². The van der Waals surface area contributed by atoms with E-state index in [2.05, 4.69) is 5.32 Å². The van der Waals surface area contributed by atoms with Crippen LogP contribution in [0.4, 0.5) is 23.7 Å².